The third-order valence-electron chi connectivity index (χ3n) is 7.37. The molecule has 212 valence electrons. The molecule has 0 fully saturated rings. The zero-order valence-corrected chi connectivity index (χ0v) is 23.4. The Morgan fingerprint density at radius 2 is 1.30 bits per heavy atom. The van der Waals surface area contributed by atoms with Crippen LogP contribution >= 0.6 is 0 Å². The van der Waals surface area contributed by atoms with E-state index >= 15 is 0 Å². The Hall–Kier alpha value is -4.08. The number of para-hydroxylation sites is 1. The molecule has 0 aliphatic heterocycles. The molecule has 0 radical (unpaired) electrons. The molecule has 10 heteroatoms. The lowest BCUT2D eigenvalue weighted by Crippen LogP contribution is -2.17. The summed E-state index contributed by atoms with van der Waals surface area (Å²) >= 11 is 0. The minimum absolute atomic E-state index is 0.0132. The summed E-state index contributed by atoms with van der Waals surface area (Å²) in [5.41, 5.74) is 6.23. The molecule has 0 atom stereocenters. The van der Waals surface area contributed by atoms with Crippen LogP contribution in [0.15, 0.2) is 18.2 Å². The molecule has 0 saturated heterocycles. The average Bonchev–Trinajstić information content (AvgIpc) is 3.48. The van der Waals surface area contributed by atoms with Crippen molar-refractivity contribution in [3.63, 3.8) is 0 Å². The van der Waals surface area contributed by atoms with Crippen molar-refractivity contribution >= 4 is 29.1 Å². The van der Waals surface area contributed by atoms with Gasteiger partial charge >= 0.3 is 5.97 Å². The number of fused-ring (bicyclic) bond motifs is 2. The van der Waals surface area contributed by atoms with E-state index in [-0.39, 0.29) is 17.5 Å². The van der Waals surface area contributed by atoms with Gasteiger partial charge in [0.05, 0.1) is 6.61 Å². The lowest BCUT2D eigenvalue weighted by atomic mass is 10.0. The van der Waals surface area contributed by atoms with Crippen molar-refractivity contribution in [1.82, 2.24) is 20.4 Å². The number of ketones is 2. The van der Waals surface area contributed by atoms with Crippen molar-refractivity contribution < 1.29 is 23.9 Å². The van der Waals surface area contributed by atoms with Crippen LogP contribution in [0.5, 0.6) is 0 Å². The maximum Gasteiger partial charge on any atom is 0.356 e. The van der Waals surface area contributed by atoms with Gasteiger partial charge in [-0.05, 0) is 69.4 Å². The van der Waals surface area contributed by atoms with Crippen molar-refractivity contribution in [2.24, 2.45) is 0 Å². The average molecular weight is 548 g/mol. The number of anilines is 1. The first-order valence-corrected chi connectivity index (χ1v) is 14.2. The number of carbonyl (C=O) groups excluding carboxylic acids is 4. The SMILES string of the molecule is CCOC(=O)c1[nH]nc2c1CCCCC2=O.CCc1cccc(CC)c1NC(=O)c1[nH]nc2c1CCCCC2=O. The van der Waals surface area contributed by atoms with E-state index in [9.17, 15) is 19.2 Å². The first-order valence-electron chi connectivity index (χ1n) is 14.2. The van der Waals surface area contributed by atoms with Crippen LogP contribution in [0, 0.1) is 0 Å². The molecular formula is C30H37N5O5. The topological polar surface area (TPSA) is 147 Å². The number of Topliss-reactive ketones (excluding diaryl/α,β-unsaturated/α-hetero) is 2. The number of rotatable bonds is 6. The van der Waals surface area contributed by atoms with Gasteiger partial charge in [-0.2, -0.15) is 10.2 Å². The molecule has 0 spiro atoms. The van der Waals surface area contributed by atoms with E-state index in [2.05, 4.69) is 39.6 Å². The van der Waals surface area contributed by atoms with E-state index in [1.807, 2.05) is 18.2 Å². The third-order valence-corrected chi connectivity index (χ3v) is 7.37. The van der Waals surface area contributed by atoms with E-state index in [0.717, 1.165) is 72.9 Å². The molecule has 2 aliphatic rings. The quantitative estimate of drug-likeness (QED) is 0.284. The molecule has 5 rings (SSSR count). The molecule has 2 aromatic heterocycles. The molecule has 0 unspecified atom stereocenters. The largest absolute Gasteiger partial charge is 0.461 e. The van der Waals surface area contributed by atoms with Crippen LogP contribution in [0.2, 0.25) is 0 Å². The van der Waals surface area contributed by atoms with Gasteiger partial charge < -0.3 is 10.1 Å². The summed E-state index contributed by atoms with van der Waals surface area (Å²) in [5.74, 6) is -0.597. The Bertz CT molecular complexity index is 1380. The molecule has 3 N–H and O–H groups in total. The van der Waals surface area contributed by atoms with Crippen LogP contribution in [0.1, 0.15) is 124 Å². The second-order valence-corrected chi connectivity index (χ2v) is 9.95. The number of aromatic nitrogens is 4. The first kappa shape index (κ1) is 28.9. The maximum atomic E-state index is 12.8. The second-order valence-electron chi connectivity index (χ2n) is 9.95. The smallest absolute Gasteiger partial charge is 0.356 e. The number of nitrogens with zero attached hydrogens (tertiary/aromatic N) is 2. The molecule has 10 nitrogen and oxygen atoms in total. The summed E-state index contributed by atoms with van der Waals surface area (Å²) in [6.45, 7) is 6.22. The molecule has 0 saturated carbocycles. The fourth-order valence-corrected chi connectivity index (χ4v) is 5.23. The molecule has 40 heavy (non-hydrogen) atoms. The molecule has 3 aromatic rings. The Morgan fingerprint density at radius 1 is 0.800 bits per heavy atom. The predicted molar refractivity (Wildman–Crippen MR) is 150 cm³/mol. The fraction of sp³-hybridized carbons (Fsp3) is 0.467. The number of benzene rings is 1. The Balaban J connectivity index is 0.000000201. The van der Waals surface area contributed by atoms with E-state index < -0.39 is 5.97 Å². The van der Waals surface area contributed by atoms with Crippen LogP contribution in [0.25, 0.3) is 0 Å². The van der Waals surface area contributed by atoms with Gasteiger partial charge in [0.25, 0.3) is 5.91 Å². The Kier molecular flexibility index (Phi) is 9.63. The summed E-state index contributed by atoms with van der Waals surface area (Å²) in [6.07, 6.45) is 7.69. The zero-order chi connectivity index (χ0) is 28.6. The Morgan fingerprint density at radius 3 is 1.82 bits per heavy atom. The normalized spacial score (nSPS) is 14.7. The highest BCUT2D eigenvalue weighted by molar-refractivity contribution is 6.07. The van der Waals surface area contributed by atoms with Gasteiger partial charge in [0.1, 0.15) is 22.8 Å². The number of amides is 1. The Labute approximate surface area is 233 Å². The minimum Gasteiger partial charge on any atom is -0.461 e. The number of carbonyl (C=O) groups is 4. The van der Waals surface area contributed by atoms with Gasteiger partial charge in [-0.3, -0.25) is 24.6 Å². The number of esters is 1. The molecule has 2 heterocycles. The van der Waals surface area contributed by atoms with Gasteiger partial charge in [-0.15, -0.1) is 0 Å². The number of nitrogens with one attached hydrogen (secondary N) is 3. The zero-order valence-electron chi connectivity index (χ0n) is 23.4. The van der Waals surface area contributed by atoms with Crippen LogP contribution in [-0.2, 0) is 30.4 Å². The highest BCUT2D eigenvalue weighted by Crippen LogP contribution is 2.26. The number of aromatic amines is 2. The maximum absolute atomic E-state index is 12.8. The van der Waals surface area contributed by atoms with Crippen molar-refractivity contribution in [2.45, 2.75) is 85.0 Å². The monoisotopic (exact) mass is 547 g/mol. The molecular weight excluding hydrogens is 510 g/mol. The van der Waals surface area contributed by atoms with Crippen molar-refractivity contribution in [2.75, 3.05) is 11.9 Å². The van der Waals surface area contributed by atoms with Gasteiger partial charge in [0, 0.05) is 29.7 Å². The molecule has 0 bridgehead atoms. The number of H-pyrrole nitrogens is 2. The van der Waals surface area contributed by atoms with E-state index in [4.69, 9.17) is 4.74 Å². The number of hydrogen-bond acceptors (Lipinski definition) is 7. The van der Waals surface area contributed by atoms with Crippen LogP contribution < -0.4 is 5.32 Å². The lowest BCUT2D eigenvalue weighted by Gasteiger charge is -2.14. The summed E-state index contributed by atoms with van der Waals surface area (Å²) in [6, 6.07) is 6.09. The van der Waals surface area contributed by atoms with Crippen LogP contribution in [-0.4, -0.2) is 50.4 Å². The fourth-order valence-electron chi connectivity index (χ4n) is 5.23. The van der Waals surface area contributed by atoms with Crippen LogP contribution in [0.3, 0.4) is 0 Å². The van der Waals surface area contributed by atoms with Crippen molar-refractivity contribution in [3.05, 3.63) is 63.2 Å². The number of ether oxygens (including phenoxy) is 1. The van der Waals surface area contributed by atoms with Crippen molar-refractivity contribution in [3.8, 4) is 0 Å². The van der Waals surface area contributed by atoms with Crippen LogP contribution in [0.4, 0.5) is 5.69 Å². The molecule has 2 aliphatic carbocycles. The van der Waals surface area contributed by atoms with Crippen molar-refractivity contribution in [1.29, 1.82) is 0 Å². The third kappa shape index (κ3) is 6.21. The van der Waals surface area contributed by atoms with E-state index in [1.54, 1.807) is 6.92 Å². The minimum atomic E-state index is -0.425. The summed E-state index contributed by atoms with van der Waals surface area (Å²) in [5, 5.41) is 16.5. The van der Waals surface area contributed by atoms with Gasteiger partial charge in [-0.1, -0.05) is 32.0 Å². The summed E-state index contributed by atoms with van der Waals surface area (Å²) < 4.78 is 4.91. The highest BCUT2D eigenvalue weighted by atomic mass is 16.5. The second kappa shape index (κ2) is 13.3. The first-order chi connectivity index (χ1) is 19.4. The van der Waals surface area contributed by atoms with Gasteiger partial charge in [0.2, 0.25) is 0 Å². The van der Waals surface area contributed by atoms with E-state index in [1.165, 1.54) is 0 Å². The predicted octanol–water partition coefficient (Wildman–Crippen LogP) is 5.19. The van der Waals surface area contributed by atoms with E-state index in [0.29, 0.717) is 48.6 Å². The standard InChI is InChI=1S/C19H23N3O2.C11H14N2O3/c1-3-12-8-7-9-13(4-2)16(12)20-19(24)18-14-10-5-6-11-15(23)17(14)21-22-18;1-2-16-11(15)10-7-5-3-4-6-8(14)9(7)12-13-10/h7-9H,3-6,10-11H2,1-2H3,(H,20,24)(H,21,22);2-6H2,1H3,(H,12,13). The lowest BCUT2D eigenvalue weighted by molar-refractivity contribution is 0.0517. The molecule has 1 amide bonds. The summed E-state index contributed by atoms with van der Waals surface area (Å²) in [7, 11) is 0. The highest BCUT2D eigenvalue weighted by Gasteiger charge is 2.27. The number of hydrogen-bond donors (Lipinski definition) is 3. The summed E-state index contributed by atoms with van der Waals surface area (Å²) in [4.78, 5) is 48.2. The number of aryl methyl sites for hydroxylation is 2. The van der Waals surface area contributed by atoms with Gasteiger partial charge in [0.15, 0.2) is 11.6 Å². The van der Waals surface area contributed by atoms with Gasteiger partial charge in [-0.25, -0.2) is 4.79 Å². The molecule has 1 aromatic carbocycles.